The second-order valence-electron chi connectivity index (χ2n) is 9.77. The summed E-state index contributed by atoms with van der Waals surface area (Å²) in [7, 11) is 2.15. The van der Waals surface area contributed by atoms with Gasteiger partial charge in [0.25, 0.3) is 11.4 Å². The van der Waals surface area contributed by atoms with Gasteiger partial charge in [-0.25, -0.2) is 0 Å². The normalized spacial score (nSPS) is 17.0. The fourth-order valence-electron chi connectivity index (χ4n) is 4.97. The average molecular weight is 483 g/mol. The number of hydrogen-bond donors (Lipinski definition) is 1. The molecule has 0 aliphatic heterocycles. The molecule has 4 rings (SSSR count). The Morgan fingerprint density at radius 2 is 1.20 bits per heavy atom. The number of non-ortho nitro benzene ring substituents is 2. The summed E-state index contributed by atoms with van der Waals surface area (Å²) in [6, 6.07) is 15.0. The number of nitrogens with zero attached hydrogens (tertiary/aromatic N) is 3. The summed E-state index contributed by atoms with van der Waals surface area (Å²) >= 11 is 0. The summed E-state index contributed by atoms with van der Waals surface area (Å²) in [5.74, 6) is 0. The maximum Gasteiger partial charge on any atom is 0.269 e. The van der Waals surface area contributed by atoms with Gasteiger partial charge in [-0.3, -0.25) is 25.1 Å². The Labute approximate surface area is 208 Å². The van der Waals surface area contributed by atoms with Crippen molar-refractivity contribution in [1.29, 1.82) is 0 Å². The summed E-state index contributed by atoms with van der Waals surface area (Å²) in [5.41, 5.74) is 2.58. The zero-order valence-electron chi connectivity index (χ0n) is 20.7. The van der Waals surface area contributed by atoms with E-state index < -0.39 is 0 Å². The van der Waals surface area contributed by atoms with Crippen molar-refractivity contribution in [3.05, 3.63) is 79.9 Å². The van der Waals surface area contributed by atoms with Crippen LogP contribution in [0.5, 0.6) is 0 Å². The van der Waals surface area contributed by atoms with Gasteiger partial charge in [-0.05, 0) is 43.9 Å². The molecule has 0 radical (unpaired) electrons. The third-order valence-corrected chi connectivity index (χ3v) is 7.12. The highest BCUT2D eigenvalue weighted by Crippen LogP contribution is 2.23. The number of nitro benzene ring substituents is 2. The molecule has 0 saturated heterocycles. The predicted octanol–water partition coefficient (Wildman–Crippen LogP) is 6.38. The lowest BCUT2D eigenvalue weighted by molar-refractivity contribution is -0.385. The van der Waals surface area contributed by atoms with E-state index in [0.29, 0.717) is 12.1 Å². The van der Waals surface area contributed by atoms with Crippen LogP contribution < -0.4 is 5.32 Å². The Bertz CT molecular complexity index is 921. The summed E-state index contributed by atoms with van der Waals surface area (Å²) in [6.45, 7) is 1.69. The lowest BCUT2D eigenvalue weighted by atomic mass is 9.94. The summed E-state index contributed by atoms with van der Waals surface area (Å²) in [5, 5.41) is 24.6. The summed E-state index contributed by atoms with van der Waals surface area (Å²) in [4.78, 5) is 22.7. The molecule has 2 aromatic rings. The van der Waals surface area contributed by atoms with Crippen molar-refractivity contribution in [2.75, 3.05) is 7.05 Å². The molecule has 0 heterocycles. The van der Waals surface area contributed by atoms with Crippen LogP contribution in [0.15, 0.2) is 48.5 Å². The largest absolute Gasteiger partial charge is 0.310 e. The molecule has 8 nitrogen and oxygen atoms in total. The molecule has 0 atom stereocenters. The van der Waals surface area contributed by atoms with Crippen LogP contribution >= 0.6 is 0 Å². The molecule has 2 saturated carbocycles. The van der Waals surface area contributed by atoms with Gasteiger partial charge in [-0.15, -0.1) is 0 Å². The minimum absolute atomic E-state index is 0.159. The number of hydrogen-bond acceptors (Lipinski definition) is 6. The molecule has 2 fully saturated rings. The molecule has 0 aromatic heterocycles. The molecule has 2 aliphatic carbocycles. The van der Waals surface area contributed by atoms with Gasteiger partial charge < -0.3 is 5.32 Å². The summed E-state index contributed by atoms with van der Waals surface area (Å²) < 4.78 is 0. The van der Waals surface area contributed by atoms with Crippen molar-refractivity contribution in [3.63, 3.8) is 0 Å². The zero-order chi connectivity index (χ0) is 25.0. The highest BCUT2D eigenvalue weighted by Gasteiger charge is 2.18. The number of nitro groups is 2. The molecule has 0 unspecified atom stereocenters. The SMILES string of the molecule is CN(Cc1ccc([N+](=O)[O-])cc1)C1CCCCC1.O=[N+]([O-])c1ccc(CNC2CCCCC2)cc1. The van der Waals surface area contributed by atoms with Crippen LogP contribution in [-0.2, 0) is 13.1 Å². The highest BCUT2D eigenvalue weighted by molar-refractivity contribution is 5.33. The molecule has 0 bridgehead atoms. The molecule has 2 aliphatic rings. The standard InChI is InChI=1S/C14H20N2O2.C13H18N2O2/c1-15(13-5-3-2-4-6-13)11-12-7-9-14(10-8-12)16(17)18;16-15(17)13-8-6-11(7-9-13)10-14-12-4-2-1-3-5-12/h7-10,13H,2-6,11H2,1H3;6-9,12,14H,1-5,10H2. The van der Waals surface area contributed by atoms with E-state index in [9.17, 15) is 20.2 Å². The minimum Gasteiger partial charge on any atom is -0.310 e. The van der Waals surface area contributed by atoms with Crippen LogP contribution in [0.25, 0.3) is 0 Å². The fraction of sp³-hybridized carbons (Fsp3) is 0.556. The van der Waals surface area contributed by atoms with E-state index in [1.807, 2.05) is 24.3 Å². The maximum atomic E-state index is 10.6. The van der Waals surface area contributed by atoms with E-state index in [0.717, 1.165) is 24.2 Å². The third-order valence-electron chi connectivity index (χ3n) is 7.12. The van der Waals surface area contributed by atoms with Crippen LogP contribution in [0, 0.1) is 20.2 Å². The minimum atomic E-state index is -0.363. The number of nitrogens with one attached hydrogen (secondary N) is 1. The molecule has 0 amide bonds. The zero-order valence-corrected chi connectivity index (χ0v) is 20.7. The van der Waals surface area contributed by atoms with E-state index in [-0.39, 0.29) is 21.2 Å². The monoisotopic (exact) mass is 482 g/mol. The van der Waals surface area contributed by atoms with Crippen molar-refractivity contribution in [2.24, 2.45) is 0 Å². The highest BCUT2D eigenvalue weighted by atomic mass is 16.6. The van der Waals surface area contributed by atoms with Gasteiger partial charge in [0.1, 0.15) is 0 Å². The van der Waals surface area contributed by atoms with Gasteiger partial charge in [-0.2, -0.15) is 0 Å². The Kier molecular flexibility index (Phi) is 10.6. The van der Waals surface area contributed by atoms with Gasteiger partial charge in [0.05, 0.1) is 9.85 Å². The topological polar surface area (TPSA) is 102 Å². The Balaban J connectivity index is 0.000000196. The van der Waals surface area contributed by atoms with Gasteiger partial charge in [0, 0.05) is 49.4 Å². The van der Waals surface area contributed by atoms with Crippen LogP contribution in [0.2, 0.25) is 0 Å². The summed E-state index contributed by atoms with van der Waals surface area (Å²) in [6.07, 6.45) is 13.1. The van der Waals surface area contributed by atoms with Crippen molar-refractivity contribution < 1.29 is 9.85 Å². The lowest BCUT2D eigenvalue weighted by Gasteiger charge is -2.31. The number of benzene rings is 2. The fourth-order valence-corrected chi connectivity index (χ4v) is 4.97. The molecule has 190 valence electrons. The van der Waals surface area contributed by atoms with Gasteiger partial charge in [0.15, 0.2) is 0 Å². The lowest BCUT2D eigenvalue weighted by Crippen LogP contribution is -2.32. The first-order chi connectivity index (χ1) is 16.9. The Hall–Kier alpha value is -2.84. The molecule has 0 spiro atoms. The molecule has 1 N–H and O–H groups in total. The maximum absolute atomic E-state index is 10.6. The van der Waals surface area contributed by atoms with Crippen molar-refractivity contribution in [3.8, 4) is 0 Å². The van der Waals surface area contributed by atoms with Crippen LogP contribution in [0.1, 0.15) is 75.3 Å². The van der Waals surface area contributed by atoms with Crippen LogP contribution in [-0.4, -0.2) is 33.9 Å². The van der Waals surface area contributed by atoms with Gasteiger partial charge >= 0.3 is 0 Å². The average Bonchev–Trinajstić information content (AvgIpc) is 2.89. The molecular weight excluding hydrogens is 444 g/mol. The van der Waals surface area contributed by atoms with Crippen molar-refractivity contribution >= 4 is 11.4 Å². The van der Waals surface area contributed by atoms with Crippen molar-refractivity contribution in [1.82, 2.24) is 10.2 Å². The molecule has 35 heavy (non-hydrogen) atoms. The molecule has 8 heteroatoms. The first-order valence-corrected chi connectivity index (χ1v) is 12.8. The van der Waals surface area contributed by atoms with E-state index in [2.05, 4.69) is 17.3 Å². The predicted molar refractivity (Wildman–Crippen MR) is 138 cm³/mol. The van der Waals surface area contributed by atoms with E-state index in [1.54, 1.807) is 24.3 Å². The second-order valence-corrected chi connectivity index (χ2v) is 9.77. The molecule has 2 aromatic carbocycles. The number of rotatable bonds is 8. The van der Waals surface area contributed by atoms with Crippen LogP contribution in [0.3, 0.4) is 0 Å². The smallest absolute Gasteiger partial charge is 0.269 e. The van der Waals surface area contributed by atoms with E-state index in [4.69, 9.17) is 0 Å². The second kappa shape index (κ2) is 13.9. The van der Waals surface area contributed by atoms with E-state index >= 15 is 0 Å². The Morgan fingerprint density at radius 1 is 0.743 bits per heavy atom. The van der Waals surface area contributed by atoms with Gasteiger partial charge in [-0.1, -0.05) is 62.8 Å². The first-order valence-electron chi connectivity index (χ1n) is 12.8. The first kappa shape index (κ1) is 26.8. The van der Waals surface area contributed by atoms with E-state index in [1.165, 1.54) is 64.2 Å². The van der Waals surface area contributed by atoms with Crippen LogP contribution in [0.4, 0.5) is 11.4 Å². The van der Waals surface area contributed by atoms with Gasteiger partial charge in [0.2, 0.25) is 0 Å². The molecular formula is C27H38N4O4. The Morgan fingerprint density at radius 3 is 1.69 bits per heavy atom. The van der Waals surface area contributed by atoms with Crippen molar-refractivity contribution in [2.45, 2.75) is 89.4 Å². The quantitative estimate of drug-likeness (QED) is 0.346. The third kappa shape index (κ3) is 9.03.